The number of phenols is 1. The van der Waals surface area contributed by atoms with E-state index >= 15 is 0 Å². The highest BCUT2D eigenvalue weighted by Crippen LogP contribution is 2.63. The minimum atomic E-state index is -1.36. The van der Waals surface area contributed by atoms with Crippen LogP contribution in [0.1, 0.15) is 35.7 Å². The number of anilines is 2. The fourth-order valence-electron chi connectivity index (χ4n) is 8.75. The van der Waals surface area contributed by atoms with Gasteiger partial charge < -0.3 is 14.9 Å². The van der Waals surface area contributed by atoms with Gasteiger partial charge >= 0.3 is 5.97 Å². The van der Waals surface area contributed by atoms with Gasteiger partial charge in [-0.1, -0.05) is 29.3 Å². The second-order valence-electron chi connectivity index (χ2n) is 13.4. The van der Waals surface area contributed by atoms with Crippen molar-refractivity contribution in [2.24, 2.45) is 35.0 Å². The lowest BCUT2D eigenvalue weighted by Crippen LogP contribution is -2.51. The first kappa shape index (κ1) is 31.0. The van der Waals surface area contributed by atoms with Crippen LogP contribution in [0.5, 0.6) is 11.5 Å². The number of aromatic carboxylic acids is 1. The SMILES string of the molecule is C[C@@]12C(=O)N(c3ccc(F)c(Cl)c3)C(=O)[C@@H]1C[C@@H]1C(=CC[C@@H]3C(=O)N(c4cccc(C(=O)O)c4)C(=O)[C@@H]31)[C@@H]2C1=COc2ccc(O)cc2C1. The molecule has 10 nitrogen and oxygen atoms in total. The van der Waals surface area contributed by atoms with Crippen molar-refractivity contribution in [2.75, 3.05) is 9.80 Å². The first-order chi connectivity index (χ1) is 23.4. The normalized spacial score (nSPS) is 28.7. The van der Waals surface area contributed by atoms with E-state index < -0.39 is 70.4 Å². The van der Waals surface area contributed by atoms with Gasteiger partial charge in [0, 0.05) is 17.9 Å². The monoisotopic (exact) mass is 682 g/mol. The smallest absolute Gasteiger partial charge is 0.335 e. The highest BCUT2D eigenvalue weighted by Gasteiger charge is 2.68. The van der Waals surface area contributed by atoms with Crippen LogP contribution in [0.25, 0.3) is 0 Å². The van der Waals surface area contributed by atoms with Crippen molar-refractivity contribution < 1.29 is 43.3 Å². The molecule has 5 aliphatic rings. The predicted octanol–water partition coefficient (Wildman–Crippen LogP) is 5.67. The average molecular weight is 683 g/mol. The third-order valence-electron chi connectivity index (χ3n) is 10.9. The Hall–Kier alpha value is -5.29. The summed E-state index contributed by atoms with van der Waals surface area (Å²) in [6, 6.07) is 14.0. The summed E-state index contributed by atoms with van der Waals surface area (Å²) in [7, 11) is 0. The van der Waals surface area contributed by atoms with Gasteiger partial charge in [-0.3, -0.25) is 24.1 Å². The maximum absolute atomic E-state index is 14.6. The van der Waals surface area contributed by atoms with Gasteiger partial charge in [0.05, 0.1) is 51.4 Å². The van der Waals surface area contributed by atoms with Gasteiger partial charge in [0.2, 0.25) is 23.6 Å². The summed E-state index contributed by atoms with van der Waals surface area (Å²) in [4.78, 5) is 70.9. The van der Waals surface area contributed by atoms with Crippen molar-refractivity contribution in [3.63, 3.8) is 0 Å². The Labute approximate surface area is 284 Å². The Bertz CT molecular complexity index is 2110. The highest BCUT2D eigenvalue weighted by molar-refractivity contribution is 6.32. The molecule has 12 heteroatoms. The molecule has 6 atom stereocenters. The number of imide groups is 2. The summed E-state index contributed by atoms with van der Waals surface area (Å²) >= 11 is 6.08. The van der Waals surface area contributed by atoms with E-state index in [-0.39, 0.29) is 47.0 Å². The van der Waals surface area contributed by atoms with Crippen LogP contribution < -0.4 is 14.5 Å². The Morgan fingerprint density at radius 2 is 1.73 bits per heavy atom. The van der Waals surface area contributed by atoms with Crippen LogP contribution in [0.4, 0.5) is 15.8 Å². The number of ether oxygens (including phenoxy) is 1. The average Bonchev–Trinajstić information content (AvgIpc) is 3.45. The zero-order valence-corrected chi connectivity index (χ0v) is 26.7. The molecule has 3 aromatic rings. The van der Waals surface area contributed by atoms with E-state index in [4.69, 9.17) is 16.3 Å². The number of halogens is 2. The number of benzene rings is 3. The summed E-state index contributed by atoms with van der Waals surface area (Å²) in [6.07, 6.45) is 4.01. The molecular weight excluding hydrogens is 655 g/mol. The summed E-state index contributed by atoms with van der Waals surface area (Å²) in [5.41, 5.74) is 0.888. The number of carboxylic acids is 1. The van der Waals surface area contributed by atoms with Crippen LogP contribution in [-0.4, -0.2) is 39.8 Å². The van der Waals surface area contributed by atoms with Crippen molar-refractivity contribution in [2.45, 2.75) is 26.2 Å². The summed E-state index contributed by atoms with van der Waals surface area (Å²) in [5.74, 6) is -7.27. The molecular formula is C37H28ClFN2O8. The summed E-state index contributed by atoms with van der Waals surface area (Å²) < 4.78 is 20.2. The zero-order valence-electron chi connectivity index (χ0n) is 25.9. The van der Waals surface area contributed by atoms with Gasteiger partial charge in [0.25, 0.3) is 0 Å². The fourth-order valence-corrected chi connectivity index (χ4v) is 8.92. The van der Waals surface area contributed by atoms with Crippen molar-refractivity contribution in [3.8, 4) is 11.5 Å². The highest BCUT2D eigenvalue weighted by atomic mass is 35.5. The number of aromatic hydroxyl groups is 1. The predicted molar refractivity (Wildman–Crippen MR) is 173 cm³/mol. The molecule has 3 aromatic carbocycles. The number of hydrogen-bond donors (Lipinski definition) is 2. The molecule has 3 fully saturated rings. The maximum Gasteiger partial charge on any atom is 0.335 e. The molecule has 0 radical (unpaired) electrons. The van der Waals surface area contributed by atoms with E-state index in [9.17, 15) is 38.6 Å². The fraction of sp³-hybridized carbons (Fsp3) is 0.270. The van der Waals surface area contributed by atoms with Gasteiger partial charge in [-0.15, -0.1) is 0 Å². The number of allylic oxidation sites excluding steroid dienone is 3. The molecule has 0 spiro atoms. The van der Waals surface area contributed by atoms with Crippen LogP contribution in [0.2, 0.25) is 5.02 Å². The maximum atomic E-state index is 14.6. The van der Waals surface area contributed by atoms with E-state index in [1.165, 1.54) is 42.5 Å². The molecule has 0 aromatic heterocycles. The minimum absolute atomic E-state index is 0.0301. The molecule has 3 heterocycles. The van der Waals surface area contributed by atoms with Gasteiger partial charge in [-0.25, -0.2) is 14.1 Å². The Morgan fingerprint density at radius 3 is 2.49 bits per heavy atom. The van der Waals surface area contributed by atoms with Gasteiger partial charge in [0.1, 0.15) is 17.3 Å². The van der Waals surface area contributed by atoms with Crippen molar-refractivity contribution in [1.29, 1.82) is 0 Å². The molecule has 4 amide bonds. The summed E-state index contributed by atoms with van der Waals surface area (Å²) in [6.45, 7) is 1.72. The number of rotatable bonds is 4. The lowest BCUT2D eigenvalue weighted by atomic mass is 9.51. The molecule has 248 valence electrons. The summed E-state index contributed by atoms with van der Waals surface area (Å²) in [5, 5.41) is 19.5. The molecule has 3 aliphatic heterocycles. The van der Waals surface area contributed by atoms with E-state index in [0.717, 1.165) is 21.4 Å². The van der Waals surface area contributed by atoms with E-state index in [1.54, 1.807) is 25.3 Å². The number of carbonyl (C=O) groups excluding carboxylic acids is 4. The number of nitrogens with zero attached hydrogens (tertiary/aromatic N) is 2. The molecule has 8 rings (SSSR count). The second kappa shape index (κ2) is 10.9. The number of fused-ring (bicyclic) bond motifs is 5. The Kier molecular flexibility index (Phi) is 6.87. The van der Waals surface area contributed by atoms with Gasteiger partial charge in [0.15, 0.2) is 0 Å². The van der Waals surface area contributed by atoms with E-state index in [2.05, 4.69) is 0 Å². The number of carboxylic acid groups (broad SMARTS) is 1. The third-order valence-corrected chi connectivity index (χ3v) is 11.2. The zero-order chi connectivity index (χ0) is 34.5. The van der Waals surface area contributed by atoms with Crippen molar-refractivity contribution >= 4 is 52.6 Å². The molecule has 0 unspecified atom stereocenters. The quantitative estimate of drug-likeness (QED) is 0.265. The standard InChI is InChI=1S/C37H28ClFN2O8/c1-37-26(33(44)41(36(37)48)21-5-9-28(39)27(38)14-21)15-25-23(31(37)19-11-18-13-22(42)6-10-29(18)49-16-19)7-8-24-30(25)34(45)40(32(24)43)20-4-2-3-17(12-20)35(46)47/h2-7,9-10,12-14,16,24-26,30-31,42H,8,11,15H2,1H3,(H,46,47)/t24-,25+,26-,30-,31-,37+/m0/s1. The van der Waals surface area contributed by atoms with Crippen LogP contribution in [0, 0.1) is 40.8 Å². The first-order valence-corrected chi connectivity index (χ1v) is 16.2. The van der Waals surface area contributed by atoms with Crippen molar-refractivity contribution in [1.82, 2.24) is 0 Å². The minimum Gasteiger partial charge on any atom is -0.508 e. The second-order valence-corrected chi connectivity index (χ2v) is 13.8. The number of hydrogen-bond acceptors (Lipinski definition) is 7. The molecule has 2 saturated heterocycles. The largest absolute Gasteiger partial charge is 0.508 e. The van der Waals surface area contributed by atoms with Crippen LogP contribution in [-0.2, 0) is 25.6 Å². The Balaban J connectivity index is 1.25. The first-order valence-electron chi connectivity index (χ1n) is 15.8. The van der Waals surface area contributed by atoms with Gasteiger partial charge in [-0.05, 0) is 85.9 Å². The third kappa shape index (κ3) is 4.41. The molecule has 1 saturated carbocycles. The topological polar surface area (TPSA) is 142 Å². The van der Waals surface area contributed by atoms with Gasteiger partial charge in [-0.2, -0.15) is 0 Å². The lowest BCUT2D eigenvalue weighted by Gasteiger charge is -2.49. The number of phenolic OH excluding ortho intramolecular Hbond substituents is 1. The van der Waals surface area contributed by atoms with Crippen LogP contribution in [0.15, 0.2) is 84.1 Å². The molecule has 2 N–H and O–H groups in total. The molecule has 2 aliphatic carbocycles. The van der Waals surface area contributed by atoms with Crippen molar-refractivity contribution in [3.05, 3.63) is 106 Å². The van der Waals surface area contributed by atoms with Crippen LogP contribution in [0.3, 0.4) is 0 Å². The van der Waals surface area contributed by atoms with Crippen LogP contribution >= 0.6 is 11.6 Å². The van der Waals surface area contributed by atoms with E-state index in [0.29, 0.717) is 16.9 Å². The number of carbonyl (C=O) groups is 5. The molecule has 49 heavy (non-hydrogen) atoms. The number of amides is 4. The lowest BCUT2D eigenvalue weighted by molar-refractivity contribution is -0.132. The molecule has 0 bridgehead atoms. The van der Waals surface area contributed by atoms with E-state index in [1.807, 2.05) is 6.08 Å². The Morgan fingerprint density at radius 1 is 0.959 bits per heavy atom.